The van der Waals surface area contributed by atoms with E-state index < -0.39 is 40.8 Å². The number of nitrogens with one attached hydrogen (secondary N) is 2. The zero-order valence-corrected chi connectivity index (χ0v) is 17.9. The van der Waals surface area contributed by atoms with Gasteiger partial charge < -0.3 is 10.1 Å². The fourth-order valence-electron chi connectivity index (χ4n) is 2.61. The molecular weight excluding hydrogens is 470 g/mol. The predicted octanol–water partition coefficient (Wildman–Crippen LogP) is 2.54. The highest BCUT2D eigenvalue weighted by Gasteiger charge is 2.15. The Hall–Kier alpha value is -4.72. The molecule has 1 aromatic heterocycles. The van der Waals surface area contributed by atoms with Crippen molar-refractivity contribution in [1.29, 1.82) is 0 Å². The Labute approximate surface area is 194 Å². The highest BCUT2D eigenvalue weighted by Crippen LogP contribution is 2.27. The molecule has 0 fully saturated rings. The minimum atomic E-state index is -0.898. The second-order valence-electron chi connectivity index (χ2n) is 6.54. The number of nitro groups is 2. The number of hydrogen-bond donors (Lipinski definition) is 2. The van der Waals surface area contributed by atoms with Gasteiger partial charge in [-0.05, 0) is 6.07 Å². The highest BCUT2D eigenvalue weighted by molar-refractivity contribution is 7.14. The van der Waals surface area contributed by atoms with Crippen LogP contribution in [0.1, 0.15) is 10.4 Å². The number of esters is 1. The van der Waals surface area contributed by atoms with Gasteiger partial charge in [0.25, 0.3) is 23.2 Å². The van der Waals surface area contributed by atoms with Crippen molar-refractivity contribution in [3.05, 3.63) is 79.7 Å². The summed E-state index contributed by atoms with van der Waals surface area (Å²) in [6.45, 7) is -1.19. The average Bonchev–Trinajstić information content (AvgIpc) is 3.29. The van der Waals surface area contributed by atoms with Gasteiger partial charge in [0, 0.05) is 40.8 Å². The first-order valence-electron chi connectivity index (χ1n) is 9.41. The van der Waals surface area contributed by atoms with Gasteiger partial charge in [0.05, 0.1) is 15.5 Å². The van der Waals surface area contributed by atoms with Crippen LogP contribution in [0.4, 0.5) is 16.5 Å². The number of benzene rings is 2. The first kappa shape index (κ1) is 23.9. The molecule has 2 amide bonds. The molecule has 0 spiro atoms. The Morgan fingerprint density at radius 3 is 2.38 bits per heavy atom. The molecule has 174 valence electrons. The molecule has 0 saturated carbocycles. The maximum absolute atomic E-state index is 12.0. The summed E-state index contributed by atoms with van der Waals surface area (Å²) in [6.07, 6.45) is 0. The average molecular weight is 485 g/mol. The number of non-ortho nitro benzene ring substituents is 2. The van der Waals surface area contributed by atoms with E-state index in [1.807, 2.05) is 0 Å². The Morgan fingerprint density at radius 2 is 1.68 bits per heavy atom. The van der Waals surface area contributed by atoms with Crippen LogP contribution in [0.15, 0.2) is 53.9 Å². The summed E-state index contributed by atoms with van der Waals surface area (Å²) in [5, 5.41) is 28.1. The van der Waals surface area contributed by atoms with E-state index in [9.17, 15) is 34.6 Å². The van der Waals surface area contributed by atoms with E-state index in [0.29, 0.717) is 11.3 Å². The number of aromatic nitrogens is 1. The van der Waals surface area contributed by atoms with E-state index in [-0.39, 0.29) is 22.1 Å². The lowest BCUT2D eigenvalue weighted by Gasteiger charge is -2.06. The molecule has 0 aliphatic carbocycles. The highest BCUT2D eigenvalue weighted by atomic mass is 32.1. The lowest BCUT2D eigenvalue weighted by molar-refractivity contribution is -0.385. The van der Waals surface area contributed by atoms with Gasteiger partial charge in [0.1, 0.15) is 6.54 Å². The fraction of sp³-hybridized carbons (Fsp3) is 0.100. The van der Waals surface area contributed by atoms with E-state index in [1.54, 1.807) is 11.4 Å². The van der Waals surface area contributed by atoms with Crippen molar-refractivity contribution < 1.29 is 29.0 Å². The minimum Gasteiger partial charge on any atom is -0.454 e. The number of rotatable bonds is 9. The Kier molecular flexibility index (Phi) is 7.56. The third-order valence-corrected chi connectivity index (χ3v) is 4.94. The minimum absolute atomic E-state index is 0.0111. The van der Waals surface area contributed by atoms with Crippen LogP contribution in [-0.2, 0) is 14.3 Å². The van der Waals surface area contributed by atoms with Crippen molar-refractivity contribution in [1.82, 2.24) is 10.3 Å². The standard InChI is InChI=1S/C20H15N5O8S/c26-17(23-20-22-16(11-34-20)12-3-1-5-14(7-12)24(29)30)10-33-18(27)9-21-19(28)13-4-2-6-15(8-13)25(31)32/h1-8,11H,9-10H2,(H,21,28)(H,22,23,26). The van der Waals surface area contributed by atoms with Gasteiger partial charge in [-0.25, -0.2) is 4.98 Å². The second kappa shape index (κ2) is 10.7. The number of nitro benzene ring substituents is 2. The quantitative estimate of drug-likeness (QED) is 0.261. The number of thiazole rings is 1. The molecule has 0 aliphatic heterocycles. The molecule has 0 atom stereocenters. The Bertz CT molecular complexity index is 1280. The van der Waals surface area contributed by atoms with Crippen LogP contribution in [0.2, 0.25) is 0 Å². The predicted molar refractivity (Wildman–Crippen MR) is 119 cm³/mol. The topological polar surface area (TPSA) is 184 Å². The number of ether oxygens (including phenoxy) is 1. The largest absolute Gasteiger partial charge is 0.454 e. The van der Waals surface area contributed by atoms with E-state index in [1.165, 1.54) is 36.4 Å². The van der Waals surface area contributed by atoms with E-state index in [4.69, 9.17) is 4.74 Å². The molecule has 0 aliphatic rings. The summed E-state index contributed by atoms with van der Waals surface area (Å²) in [7, 11) is 0. The zero-order valence-electron chi connectivity index (χ0n) is 17.1. The third kappa shape index (κ3) is 6.39. The number of carbonyl (C=O) groups excluding carboxylic acids is 3. The smallest absolute Gasteiger partial charge is 0.325 e. The van der Waals surface area contributed by atoms with Gasteiger partial charge >= 0.3 is 5.97 Å². The normalized spacial score (nSPS) is 10.2. The molecule has 34 heavy (non-hydrogen) atoms. The number of carbonyl (C=O) groups is 3. The Balaban J connectivity index is 1.46. The summed E-state index contributed by atoms with van der Waals surface area (Å²) in [6, 6.07) is 10.8. The number of hydrogen-bond acceptors (Lipinski definition) is 10. The molecule has 0 bridgehead atoms. The molecule has 1 heterocycles. The van der Waals surface area contributed by atoms with Crippen LogP contribution in [-0.4, -0.2) is 45.8 Å². The van der Waals surface area contributed by atoms with E-state index in [0.717, 1.165) is 17.4 Å². The molecule has 2 N–H and O–H groups in total. The first-order chi connectivity index (χ1) is 16.2. The zero-order chi connectivity index (χ0) is 24.7. The molecule has 13 nitrogen and oxygen atoms in total. The summed E-state index contributed by atoms with van der Waals surface area (Å²) in [5.41, 5.74) is 0.535. The fourth-order valence-corrected chi connectivity index (χ4v) is 3.35. The molecule has 3 aromatic rings. The molecule has 0 saturated heterocycles. The Morgan fingerprint density at radius 1 is 1.00 bits per heavy atom. The first-order valence-corrected chi connectivity index (χ1v) is 10.3. The van der Waals surface area contributed by atoms with Crippen molar-refractivity contribution in [2.75, 3.05) is 18.5 Å². The van der Waals surface area contributed by atoms with Crippen molar-refractivity contribution in [2.24, 2.45) is 0 Å². The molecule has 3 rings (SSSR count). The van der Waals surface area contributed by atoms with Gasteiger partial charge in [0.15, 0.2) is 11.7 Å². The third-order valence-electron chi connectivity index (χ3n) is 4.18. The number of nitrogens with zero attached hydrogens (tertiary/aromatic N) is 3. The van der Waals surface area contributed by atoms with Gasteiger partial charge in [-0.15, -0.1) is 11.3 Å². The van der Waals surface area contributed by atoms with Crippen LogP contribution in [0, 0.1) is 20.2 Å². The maximum atomic E-state index is 12.0. The molecular formula is C20H15N5O8S. The maximum Gasteiger partial charge on any atom is 0.325 e. The van der Waals surface area contributed by atoms with Crippen molar-refractivity contribution in [3.63, 3.8) is 0 Å². The van der Waals surface area contributed by atoms with E-state index >= 15 is 0 Å². The second-order valence-corrected chi connectivity index (χ2v) is 7.40. The van der Waals surface area contributed by atoms with Gasteiger partial charge in [0.2, 0.25) is 0 Å². The monoisotopic (exact) mass is 485 g/mol. The van der Waals surface area contributed by atoms with Crippen molar-refractivity contribution in [3.8, 4) is 11.3 Å². The summed E-state index contributed by atoms with van der Waals surface area (Å²) >= 11 is 1.08. The lowest BCUT2D eigenvalue weighted by Crippen LogP contribution is -2.32. The molecule has 0 unspecified atom stereocenters. The van der Waals surface area contributed by atoms with Crippen molar-refractivity contribution in [2.45, 2.75) is 0 Å². The van der Waals surface area contributed by atoms with Crippen LogP contribution >= 0.6 is 11.3 Å². The molecule has 14 heteroatoms. The number of anilines is 1. The van der Waals surface area contributed by atoms with Crippen LogP contribution in [0.25, 0.3) is 11.3 Å². The number of amides is 2. The van der Waals surface area contributed by atoms with Gasteiger partial charge in [-0.2, -0.15) is 0 Å². The van der Waals surface area contributed by atoms with Crippen molar-refractivity contribution >= 4 is 45.6 Å². The van der Waals surface area contributed by atoms with Gasteiger partial charge in [-0.3, -0.25) is 39.9 Å². The SMILES string of the molecule is O=C(COC(=O)CNC(=O)c1cccc([N+](=O)[O-])c1)Nc1nc(-c2cccc([N+](=O)[O-])c2)cs1. The lowest BCUT2D eigenvalue weighted by atomic mass is 10.1. The molecule has 0 radical (unpaired) electrons. The summed E-state index contributed by atoms with van der Waals surface area (Å²) in [4.78, 5) is 60.5. The van der Waals surface area contributed by atoms with Gasteiger partial charge in [-0.1, -0.05) is 18.2 Å². The summed E-state index contributed by atoms with van der Waals surface area (Å²) < 4.78 is 4.79. The van der Waals surface area contributed by atoms with Crippen LogP contribution in [0.5, 0.6) is 0 Å². The van der Waals surface area contributed by atoms with Crippen LogP contribution < -0.4 is 10.6 Å². The van der Waals surface area contributed by atoms with E-state index in [2.05, 4.69) is 15.6 Å². The molecule has 2 aromatic carbocycles. The summed E-state index contributed by atoms with van der Waals surface area (Å²) in [5.74, 6) is -2.30. The van der Waals surface area contributed by atoms with Crippen LogP contribution in [0.3, 0.4) is 0 Å².